The van der Waals surface area contributed by atoms with Crippen LogP contribution in [0, 0.1) is 0 Å². The number of aliphatic hydroxyl groups excluding tert-OH is 7. The molecule has 6 saturated heterocycles. The van der Waals surface area contributed by atoms with Gasteiger partial charge in [0.1, 0.15) is 12.4 Å². The Labute approximate surface area is 566 Å². The van der Waals surface area contributed by atoms with Gasteiger partial charge in [-0.2, -0.15) is 0 Å². The lowest BCUT2D eigenvalue weighted by Crippen LogP contribution is -2.63. The van der Waals surface area contributed by atoms with Gasteiger partial charge in [0, 0.05) is 113 Å². The smallest absolute Gasteiger partial charge is 0.344 e. The molecule has 0 radical (unpaired) electrons. The molecule has 17 nitrogen and oxygen atoms in total. The Morgan fingerprint density at radius 3 is 1.00 bits per heavy atom. The topological polar surface area (TPSA) is 206 Å². The third-order valence-corrected chi connectivity index (χ3v) is 23.2. The summed E-state index contributed by atoms with van der Waals surface area (Å²) < 4.78 is 27.9. The summed E-state index contributed by atoms with van der Waals surface area (Å²) in [5, 5.41) is 68.8. The molecular formula is C74H151N6O11P. The molecule has 0 aromatic carbocycles. The molecule has 2 atom stereocenters. The van der Waals surface area contributed by atoms with E-state index >= 15 is 0 Å². The van der Waals surface area contributed by atoms with Crippen LogP contribution in [-0.2, 0) is 18.3 Å². The minimum atomic E-state index is -3.08. The second kappa shape index (κ2) is 34.3. The molecule has 6 aliphatic heterocycles. The van der Waals surface area contributed by atoms with Crippen molar-refractivity contribution < 1.29 is 54.1 Å². The van der Waals surface area contributed by atoms with Crippen molar-refractivity contribution in [3.05, 3.63) is 25.5 Å². The first-order valence-electron chi connectivity index (χ1n) is 35.3. The lowest BCUT2D eigenvalue weighted by Gasteiger charge is -2.55. The Balaban J connectivity index is 0.000000553. The van der Waals surface area contributed by atoms with Gasteiger partial charge in [-0.05, 0) is 264 Å². The van der Waals surface area contributed by atoms with Crippen molar-refractivity contribution in [2.24, 2.45) is 0 Å². The van der Waals surface area contributed by atoms with E-state index in [1.54, 1.807) is 6.26 Å². The third-order valence-electron chi connectivity index (χ3n) is 21.4. The molecule has 0 aliphatic carbocycles. The summed E-state index contributed by atoms with van der Waals surface area (Å²) in [6, 6.07) is 0. The number of piperidine rings is 6. The molecule has 6 aliphatic rings. The maximum absolute atomic E-state index is 12.3. The van der Waals surface area contributed by atoms with E-state index in [0.717, 1.165) is 83.7 Å². The van der Waals surface area contributed by atoms with Crippen molar-refractivity contribution in [3.63, 3.8) is 0 Å². The minimum Gasteiger partial charge on any atom is -0.499 e. The Hall–Kier alpha value is -1.09. The molecule has 7 N–H and O–H groups in total. The van der Waals surface area contributed by atoms with Crippen LogP contribution in [0.2, 0.25) is 0 Å². The molecule has 0 aromatic rings. The molecule has 18 heteroatoms. The zero-order valence-electron chi connectivity index (χ0n) is 65.2. The fourth-order valence-corrected chi connectivity index (χ4v) is 19.2. The van der Waals surface area contributed by atoms with E-state index in [1.807, 2.05) is 47.6 Å². The molecule has 548 valence electrons. The molecule has 2 unspecified atom stereocenters. The summed E-state index contributed by atoms with van der Waals surface area (Å²) in [6.45, 7) is 69.2. The monoisotopic (exact) mass is 1330 g/mol. The molecule has 6 rings (SSSR count). The van der Waals surface area contributed by atoms with E-state index in [2.05, 4.69) is 195 Å². The minimum absolute atomic E-state index is 0.0435. The summed E-state index contributed by atoms with van der Waals surface area (Å²) in [7, 11) is 1.93. The highest BCUT2D eigenvalue weighted by Crippen LogP contribution is 2.52. The van der Waals surface area contributed by atoms with Crippen molar-refractivity contribution in [1.29, 1.82) is 0 Å². The second-order valence-corrected chi connectivity index (χ2v) is 38.3. The van der Waals surface area contributed by atoms with Crippen molar-refractivity contribution in [2.75, 3.05) is 53.7 Å². The average Bonchev–Trinajstić information content (AvgIpc) is 0.819. The van der Waals surface area contributed by atoms with Crippen LogP contribution in [0.3, 0.4) is 0 Å². The first kappa shape index (κ1) is 88.9. The van der Waals surface area contributed by atoms with Crippen molar-refractivity contribution >= 4 is 7.60 Å². The van der Waals surface area contributed by atoms with Gasteiger partial charge in [-0.25, -0.2) is 0 Å². The molecular weight excluding hydrogens is 1180 g/mol. The van der Waals surface area contributed by atoms with E-state index in [-0.39, 0.29) is 115 Å². The number of hydrogen-bond acceptors (Lipinski definition) is 17. The maximum Gasteiger partial charge on any atom is 0.344 e. The standard InChI is InChI=1S/C13H27NO2.C13H27NO.C12H26NO4P.C12H25NO2.2C12H23NO/c1-6-10(15)9-14-12(2,3)7-11(16)8-13(14,4)5;1-6-7-8-14-12(2,3)9-11(15)10-13(14,4)5;1-11(2)7-10(14)8-12(3,4)13(11)9-18(15,16-5)17-6;1-9(14)8-13-11(2,3)6-10(15)7-12(13,4)5;1-7-14-10-8-11(2,3)13(6)12(4,5)9-10;1-6-7-13-11(2,3)8-10(14)9-12(13,4)5/h10-11,15-16H,6-9H2,1-5H3;11,15H,6-10H2,1-5H3;10,14H,7-9H2,1-6H3;9-10,14-15H,6-8H2,1-5H3;7,10H,1,8-9H2,2-6H3;6,10,14H,1,7-9H2,2-5H3. The predicted molar refractivity (Wildman–Crippen MR) is 385 cm³/mol. The number of β-amino-alcohol motifs (C(OH)–C–C–N with tert-alkyl or cyclic N) is 2. The van der Waals surface area contributed by atoms with Gasteiger partial charge >= 0.3 is 7.60 Å². The molecule has 0 saturated carbocycles. The van der Waals surface area contributed by atoms with E-state index in [4.69, 9.17) is 13.8 Å². The van der Waals surface area contributed by atoms with Crippen LogP contribution in [0.5, 0.6) is 0 Å². The zero-order chi connectivity index (χ0) is 72.3. The lowest BCUT2D eigenvalue weighted by molar-refractivity contribution is -0.0968. The van der Waals surface area contributed by atoms with Crippen LogP contribution in [0.15, 0.2) is 25.5 Å². The highest BCUT2D eigenvalue weighted by atomic mass is 31.2. The zero-order valence-corrected chi connectivity index (χ0v) is 66.1. The largest absolute Gasteiger partial charge is 0.499 e. The van der Waals surface area contributed by atoms with Crippen molar-refractivity contribution in [1.82, 2.24) is 29.4 Å². The van der Waals surface area contributed by atoms with E-state index < -0.39 is 7.60 Å². The molecule has 0 spiro atoms. The second-order valence-electron chi connectivity index (χ2n) is 36.0. The van der Waals surface area contributed by atoms with Gasteiger partial charge in [0.25, 0.3) is 0 Å². The van der Waals surface area contributed by atoms with Crippen LogP contribution in [0.4, 0.5) is 0 Å². The molecule has 0 aromatic heterocycles. The third kappa shape index (κ3) is 26.2. The van der Waals surface area contributed by atoms with Crippen LogP contribution >= 0.6 is 7.60 Å². The summed E-state index contributed by atoms with van der Waals surface area (Å²) in [4.78, 5) is 14.2. The fourth-order valence-electron chi connectivity index (χ4n) is 17.7. The van der Waals surface area contributed by atoms with Gasteiger partial charge in [0.15, 0.2) is 0 Å². The van der Waals surface area contributed by atoms with Crippen LogP contribution in [-0.4, -0.2) is 234 Å². The van der Waals surface area contributed by atoms with E-state index in [9.17, 15) is 40.3 Å². The number of unbranched alkanes of at least 4 members (excludes halogenated alkanes) is 1. The fraction of sp³-hybridized carbons (Fsp3) is 0.946. The van der Waals surface area contributed by atoms with Gasteiger partial charge in [-0.3, -0.25) is 34.0 Å². The van der Waals surface area contributed by atoms with Crippen LogP contribution in [0.25, 0.3) is 0 Å². The molecule has 92 heavy (non-hydrogen) atoms. The molecule has 0 amide bonds. The van der Waals surface area contributed by atoms with Crippen LogP contribution in [0.1, 0.15) is 283 Å². The Morgan fingerprint density at radius 2 is 0.739 bits per heavy atom. The van der Waals surface area contributed by atoms with Gasteiger partial charge in [-0.1, -0.05) is 32.9 Å². The molecule has 0 bridgehead atoms. The number of rotatable bonds is 16. The Kier molecular flexibility index (Phi) is 33.2. The maximum atomic E-state index is 12.3. The number of aliphatic hydroxyl groups is 7. The number of likely N-dealkylation sites (tertiary alicyclic amines) is 6. The van der Waals surface area contributed by atoms with E-state index in [0.29, 0.717) is 32.0 Å². The summed E-state index contributed by atoms with van der Waals surface area (Å²) in [6.07, 6.45) is 15.8. The predicted octanol–water partition coefficient (Wildman–Crippen LogP) is 13.4. The average molecular weight is 1330 g/mol. The molecule has 6 fully saturated rings. The van der Waals surface area contributed by atoms with Gasteiger partial charge in [-0.15, -0.1) is 6.58 Å². The normalized spacial score (nSPS) is 27.2. The summed E-state index contributed by atoms with van der Waals surface area (Å²) in [5.41, 5.74) is 0.148. The first-order chi connectivity index (χ1) is 41.3. The van der Waals surface area contributed by atoms with E-state index in [1.165, 1.54) is 27.1 Å². The van der Waals surface area contributed by atoms with Gasteiger partial charge < -0.3 is 49.5 Å². The Morgan fingerprint density at radius 1 is 0.457 bits per heavy atom. The highest BCUT2D eigenvalue weighted by Gasteiger charge is 2.51. The Bertz CT molecular complexity index is 2130. The lowest BCUT2D eigenvalue weighted by atomic mass is 9.78. The SMILES string of the molecule is C=CCN1C(C)(C)CC(O)CC1(C)C.C=COC1CC(C)(C)N(C)C(C)(C)C1.CC(O)CN1C(C)(C)CC(O)CC1(C)C.CCC(O)CN1C(C)(C)CC(O)CC1(C)C.CCCCN1C(C)(C)CC(O)CC1(C)C.COP(=O)(CN1C(C)(C)CC(O)CC1(C)C)OC. The van der Waals surface area contributed by atoms with Crippen molar-refractivity contribution in [3.8, 4) is 0 Å². The summed E-state index contributed by atoms with van der Waals surface area (Å²) in [5.74, 6) is 0. The quantitative estimate of drug-likeness (QED) is 0.0436. The number of nitrogens with zero attached hydrogens (tertiary/aromatic N) is 6. The van der Waals surface area contributed by atoms with Gasteiger partial charge in [0.05, 0.1) is 49.0 Å². The summed E-state index contributed by atoms with van der Waals surface area (Å²) >= 11 is 0. The number of hydrogen-bond donors (Lipinski definition) is 7. The van der Waals surface area contributed by atoms with Gasteiger partial charge in [0.2, 0.25) is 0 Å². The first-order valence-corrected chi connectivity index (χ1v) is 37.0. The number of ether oxygens (including phenoxy) is 1. The van der Waals surface area contributed by atoms with Crippen molar-refractivity contribution in [2.45, 2.75) is 399 Å². The van der Waals surface area contributed by atoms with Crippen LogP contribution < -0.4 is 0 Å². The molecule has 6 heterocycles. The highest BCUT2D eigenvalue weighted by molar-refractivity contribution is 7.53.